The number of ether oxygens (including phenoxy) is 2. The molecule has 0 saturated heterocycles. The number of methoxy groups -OCH3 is 2. The lowest BCUT2D eigenvalue weighted by molar-refractivity contribution is -0.144. The number of hydrogen-bond acceptors (Lipinski definition) is 5. The highest BCUT2D eigenvalue weighted by molar-refractivity contribution is 7.92. The Morgan fingerprint density at radius 2 is 2.00 bits per heavy atom. The molecule has 18 heavy (non-hydrogen) atoms. The highest BCUT2D eigenvalue weighted by Crippen LogP contribution is 2.27. The minimum absolute atomic E-state index is 0.0203. The largest absolute Gasteiger partial charge is 0.469 e. The van der Waals surface area contributed by atoms with Crippen LogP contribution in [0.4, 0.5) is 0 Å². The normalized spacial score (nSPS) is 26.6. The summed E-state index contributed by atoms with van der Waals surface area (Å²) >= 11 is 0. The summed E-state index contributed by atoms with van der Waals surface area (Å²) in [4.78, 5) is 11.3. The van der Waals surface area contributed by atoms with Gasteiger partial charge in [0.1, 0.15) is 0 Å². The summed E-state index contributed by atoms with van der Waals surface area (Å²) in [6, 6.07) is 0. The highest BCUT2D eigenvalue weighted by Gasteiger charge is 2.34. The first-order valence-electron chi connectivity index (χ1n) is 6.23. The predicted octanol–water partition coefficient (Wildman–Crippen LogP) is 1.17. The van der Waals surface area contributed by atoms with Gasteiger partial charge in [-0.2, -0.15) is 0 Å². The zero-order valence-corrected chi connectivity index (χ0v) is 12.0. The Bertz CT molecular complexity index is 376. The maximum Gasteiger partial charge on any atom is 0.309 e. The molecule has 0 bridgehead atoms. The molecule has 0 spiro atoms. The van der Waals surface area contributed by atoms with Gasteiger partial charge in [0.25, 0.3) is 0 Å². The Morgan fingerprint density at radius 3 is 2.56 bits per heavy atom. The first-order valence-corrected chi connectivity index (χ1v) is 7.94. The third-order valence-corrected chi connectivity index (χ3v) is 5.91. The first kappa shape index (κ1) is 15.4. The summed E-state index contributed by atoms with van der Waals surface area (Å²) in [5, 5.41) is -0.386. The SMILES string of the molecule is COC(=O)C(C)CS(=O)(=O)C1CCCC(OC)C1. The molecule has 0 aromatic heterocycles. The summed E-state index contributed by atoms with van der Waals surface area (Å²) in [6.07, 6.45) is 2.99. The van der Waals surface area contributed by atoms with E-state index in [2.05, 4.69) is 4.74 Å². The van der Waals surface area contributed by atoms with Gasteiger partial charge in [-0.25, -0.2) is 8.42 Å². The molecule has 0 aromatic rings. The van der Waals surface area contributed by atoms with Gasteiger partial charge in [0.2, 0.25) is 0 Å². The summed E-state index contributed by atoms with van der Waals surface area (Å²) in [7, 11) is -0.383. The lowest BCUT2D eigenvalue weighted by atomic mass is 9.97. The number of rotatable bonds is 5. The second-order valence-corrected chi connectivity index (χ2v) is 7.23. The Morgan fingerprint density at radius 1 is 1.33 bits per heavy atom. The van der Waals surface area contributed by atoms with Crippen molar-refractivity contribution in [2.45, 2.75) is 44.0 Å². The number of hydrogen-bond donors (Lipinski definition) is 0. The second kappa shape index (κ2) is 6.52. The van der Waals surface area contributed by atoms with Gasteiger partial charge < -0.3 is 9.47 Å². The Balaban J connectivity index is 2.65. The first-order chi connectivity index (χ1) is 8.40. The molecule has 1 aliphatic rings. The fraction of sp³-hybridized carbons (Fsp3) is 0.917. The van der Waals surface area contributed by atoms with Crippen molar-refractivity contribution in [3.63, 3.8) is 0 Å². The third kappa shape index (κ3) is 3.95. The van der Waals surface area contributed by atoms with Crippen LogP contribution in [0.15, 0.2) is 0 Å². The minimum atomic E-state index is -3.26. The summed E-state index contributed by atoms with van der Waals surface area (Å²) in [5.74, 6) is -1.22. The molecule has 0 radical (unpaired) electrons. The monoisotopic (exact) mass is 278 g/mol. The van der Waals surface area contributed by atoms with Gasteiger partial charge in [-0.1, -0.05) is 6.92 Å². The molecule has 0 amide bonds. The lowest BCUT2D eigenvalue weighted by Crippen LogP contribution is -2.35. The van der Waals surface area contributed by atoms with E-state index in [1.165, 1.54) is 7.11 Å². The lowest BCUT2D eigenvalue weighted by Gasteiger charge is -2.28. The van der Waals surface area contributed by atoms with Crippen molar-refractivity contribution in [1.82, 2.24) is 0 Å². The van der Waals surface area contributed by atoms with E-state index >= 15 is 0 Å². The molecular weight excluding hydrogens is 256 g/mol. The molecule has 0 aliphatic heterocycles. The van der Waals surface area contributed by atoms with Crippen molar-refractivity contribution in [2.24, 2.45) is 5.92 Å². The van der Waals surface area contributed by atoms with E-state index in [1.807, 2.05) is 0 Å². The average Bonchev–Trinajstić information content (AvgIpc) is 2.37. The minimum Gasteiger partial charge on any atom is -0.469 e. The Kier molecular flexibility index (Phi) is 5.59. The van der Waals surface area contributed by atoms with Crippen LogP contribution in [0, 0.1) is 5.92 Å². The van der Waals surface area contributed by atoms with Crippen LogP contribution in [0.5, 0.6) is 0 Å². The van der Waals surface area contributed by atoms with Gasteiger partial charge in [-0.3, -0.25) is 4.79 Å². The van der Waals surface area contributed by atoms with E-state index in [-0.39, 0.29) is 17.1 Å². The van der Waals surface area contributed by atoms with Crippen LogP contribution >= 0.6 is 0 Å². The van der Waals surface area contributed by atoms with Gasteiger partial charge in [-0.15, -0.1) is 0 Å². The van der Waals surface area contributed by atoms with E-state index in [0.29, 0.717) is 12.8 Å². The Hall–Kier alpha value is -0.620. The molecule has 5 nitrogen and oxygen atoms in total. The molecule has 0 heterocycles. The second-order valence-electron chi connectivity index (χ2n) is 4.90. The van der Waals surface area contributed by atoms with Crippen molar-refractivity contribution in [3.8, 4) is 0 Å². The number of carbonyl (C=O) groups is 1. The average molecular weight is 278 g/mol. The molecule has 6 heteroatoms. The highest BCUT2D eigenvalue weighted by atomic mass is 32.2. The standard InChI is InChI=1S/C12H22O5S/c1-9(12(13)17-3)8-18(14,15)11-6-4-5-10(7-11)16-2/h9-11H,4-8H2,1-3H3. The van der Waals surface area contributed by atoms with Crippen LogP contribution in [-0.2, 0) is 24.1 Å². The van der Waals surface area contributed by atoms with E-state index < -0.39 is 21.7 Å². The fourth-order valence-electron chi connectivity index (χ4n) is 2.40. The number of carbonyl (C=O) groups excluding carboxylic acids is 1. The number of sulfone groups is 1. The van der Waals surface area contributed by atoms with Crippen LogP contribution < -0.4 is 0 Å². The van der Waals surface area contributed by atoms with Crippen LogP contribution in [0.25, 0.3) is 0 Å². The topological polar surface area (TPSA) is 69.7 Å². The molecule has 0 N–H and O–H groups in total. The number of esters is 1. The van der Waals surface area contributed by atoms with Crippen molar-refractivity contribution < 1.29 is 22.7 Å². The maximum absolute atomic E-state index is 12.2. The van der Waals surface area contributed by atoms with Gasteiger partial charge in [0.05, 0.1) is 30.1 Å². The molecule has 3 unspecified atom stereocenters. The smallest absolute Gasteiger partial charge is 0.309 e. The maximum atomic E-state index is 12.2. The van der Waals surface area contributed by atoms with Gasteiger partial charge >= 0.3 is 5.97 Å². The van der Waals surface area contributed by atoms with Crippen molar-refractivity contribution in [2.75, 3.05) is 20.0 Å². The predicted molar refractivity (Wildman–Crippen MR) is 68.0 cm³/mol. The molecule has 1 rings (SSSR count). The molecule has 1 aliphatic carbocycles. The van der Waals surface area contributed by atoms with Crippen molar-refractivity contribution >= 4 is 15.8 Å². The van der Waals surface area contributed by atoms with Crippen molar-refractivity contribution in [1.29, 1.82) is 0 Å². The quantitative estimate of drug-likeness (QED) is 0.706. The molecular formula is C12H22O5S. The summed E-state index contributed by atoms with van der Waals surface area (Å²) < 4.78 is 34.2. The van der Waals surface area contributed by atoms with Gasteiger partial charge in [-0.05, 0) is 25.7 Å². The Labute approximate surface area is 109 Å². The van der Waals surface area contributed by atoms with Crippen LogP contribution in [-0.4, -0.2) is 45.7 Å². The van der Waals surface area contributed by atoms with E-state index in [9.17, 15) is 13.2 Å². The molecule has 106 valence electrons. The van der Waals surface area contributed by atoms with E-state index in [4.69, 9.17) is 4.74 Å². The third-order valence-electron chi connectivity index (χ3n) is 3.51. The zero-order valence-electron chi connectivity index (χ0n) is 11.2. The van der Waals surface area contributed by atoms with Crippen LogP contribution in [0.3, 0.4) is 0 Å². The van der Waals surface area contributed by atoms with E-state index in [1.54, 1.807) is 14.0 Å². The van der Waals surface area contributed by atoms with Crippen LogP contribution in [0.1, 0.15) is 32.6 Å². The zero-order chi connectivity index (χ0) is 13.8. The summed E-state index contributed by atoms with van der Waals surface area (Å²) in [6.45, 7) is 1.58. The van der Waals surface area contributed by atoms with Gasteiger partial charge in [0, 0.05) is 7.11 Å². The van der Waals surface area contributed by atoms with Gasteiger partial charge in [0.15, 0.2) is 9.84 Å². The molecule has 1 fully saturated rings. The molecule has 3 atom stereocenters. The van der Waals surface area contributed by atoms with Crippen molar-refractivity contribution in [3.05, 3.63) is 0 Å². The molecule has 0 aromatic carbocycles. The fourth-order valence-corrected chi connectivity index (χ4v) is 4.53. The van der Waals surface area contributed by atoms with E-state index in [0.717, 1.165) is 12.8 Å². The summed E-state index contributed by atoms with van der Waals surface area (Å²) in [5.41, 5.74) is 0. The van der Waals surface area contributed by atoms with Crippen LogP contribution in [0.2, 0.25) is 0 Å². The molecule has 1 saturated carbocycles.